The van der Waals surface area contributed by atoms with Crippen molar-refractivity contribution in [1.29, 1.82) is 0 Å². The van der Waals surface area contributed by atoms with Gasteiger partial charge in [-0.3, -0.25) is 0 Å². The molecule has 2 N–H and O–H groups in total. The van der Waals surface area contributed by atoms with Crippen molar-refractivity contribution in [3.8, 4) is 11.8 Å². The molecule has 7 heteroatoms. The monoisotopic (exact) mass is 549 g/mol. The van der Waals surface area contributed by atoms with Gasteiger partial charge in [-0.1, -0.05) is 36.3 Å². The average Bonchev–Trinajstić information content (AvgIpc) is 2.93. The van der Waals surface area contributed by atoms with E-state index < -0.39 is 6.17 Å². The predicted octanol–water partition coefficient (Wildman–Crippen LogP) is 5.89. The number of allylic oxidation sites excluding steroid dienone is 7. The van der Waals surface area contributed by atoms with Crippen LogP contribution in [0.1, 0.15) is 48.5 Å². The summed E-state index contributed by atoms with van der Waals surface area (Å²) < 4.78 is 14.2. The lowest BCUT2D eigenvalue weighted by Crippen LogP contribution is -2.47. The number of aliphatic hydroxyl groups excluding tert-OH is 1. The smallest absolute Gasteiger partial charge is 0.154 e. The quantitative estimate of drug-likeness (QED) is 0.213. The number of nitrogens with one attached hydrogen (secondary N) is 1. The molecule has 1 atom stereocenters. The number of hydrogen-bond donors (Lipinski definition) is 2. The average molecular weight is 550 g/mol. The van der Waals surface area contributed by atoms with Crippen LogP contribution in [0.25, 0.3) is 0 Å². The highest BCUT2D eigenvalue weighted by Gasteiger charge is 2.24. The Labute approximate surface area is 241 Å². The van der Waals surface area contributed by atoms with Crippen molar-refractivity contribution in [2.45, 2.75) is 54.6 Å². The minimum Gasteiger partial charge on any atom is -0.509 e. The van der Waals surface area contributed by atoms with Gasteiger partial charge in [-0.25, -0.2) is 9.38 Å². The third-order valence-corrected chi connectivity index (χ3v) is 7.12. The van der Waals surface area contributed by atoms with Crippen molar-refractivity contribution in [3.05, 3.63) is 82.1 Å². The topological polar surface area (TPSA) is 54.3 Å². The highest BCUT2D eigenvalue weighted by Crippen LogP contribution is 2.23. The molecular weight excluding hydrogens is 501 g/mol. The summed E-state index contributed by atoms with van der Waals surface area (Å²) >= 11 is 0. The summed E-state index contributed by atoms with van der Waals surface area (Å²) in [7, 11) is 2.16. The van der Waals surface area contributed by atoms with E-state index in [1.54, 1.807) is 13.0 Å². The maximum Gasteiger partial charge on any atom is 0.154 e. The Hall–Kier alpha value is -3.50. The molecule has 2 aliphatic rings. The largest absolute Gasteiger partial charge is 0.509 e. The molecule has 0 spiro atoms. The molecule has 2 saturated heterocycles. The van der Waals surface area contributed by atoms with Crippen LogP contribution < -0.4 is 5.32 Å². The number of alkyl halides is 1. The molecule has 0 aromatic carbocycles. The van der Waals surface area contributed by atoms with Crippen molar-refractivity contribution >= 4 is 5.84 Å². The first-order valence-electron chi connectivity index (χ1n) is 14.1. The number of likely N-dealkylation sites (N-methyl/N-ethyl adjacent to an activating group) is 1. The van der Waals surface area contributed by atoms with Gasteiger partial charge in [0.15, 0.2) is 12.0 Å². The number of nitrogens with zero attached hydrogens (tertiary/aromatic N) is 4. The highest BCUT2D eigenvalue weighted by atomic mass is 19.1. The Morgan fingerprint density at radius 3 is 2.35 bits per heavy atom. The van der Waals surface area contributed by atoms with Gasteiger partial charge in [-0.2, -0.15) is 0 Å². The fraction of sp³-hybridized carbons (Fsp3) is 0.485. The van der Waals surface area contributed by atoms with Gasteiger partial charge < -0.3 is 25.1 Å². The number of aliphatic imine (C=N–C) groups is 1. The minimum atomic E-state index is -1.49. The van der Waals surface area contributed by atoms with Gasteiger partial charge in [0, 0.05) is 57.1 Å². The zero-order valence-corrected chi connectivity index (χ0v) is 25.7. The standard InChI is InChI=1S/C33H48FN5O/c1-10-13-14-25(6)29(32(40)26(7)34)23-39-18-17-35-27(8)33(39)36-30(12-3)28(11-2)15-16-31(24(4)5)38-21-19-37(9)20-22-38/h11-12,14-16,26,35,40H,8,17-23H2,1-7,9H3/b16-15-,25-14-,28-11+,30-12-,32-29+,36-33?. The van der Waals surface area contributed by atoms with Crippen LogP contribution >= 0.6 is 0 Å². The zero-order valence-electron chi connectivity index (χ0n) is 25.7. The first-order valence-corrected chi connectivity index (χ1v) is 14.1. The number of halogens is 1. The molecule has 0 aromatic rings. The summed E-state index contributed by atoms with van der Waals surface area (Å²) in [6.45, 7) is 23.1. The number of aliphatic hydroxyl groups is 1. The van der Waals surface area contributed by atoms with E-state index in [2.05, 4.69) is 72.7 Å². The molecule has 0 aromatic heterocycles. The lowest BCUT2D eigenvalue weighted by Gasteiger charge is -2.35. The van der Waals surface area contributed by atoms with Crippen LogP contribution in [-0.4, -0.2) is 84.7 Å². The van der Waals surface area contributed by atoms with Crippen LogP contribution in [0.4, 0.5) is 4.39 Å². The normalized spacial score (nSPS) is 20.3. The van der Waals surface area contributed by atoms with Crippen molar-refractivity contribution in [1.82, 2.24) is 20.0 Å². The van der Waals surface area contributed by atoms with Gasteiger partial charge in [0.2, 0.25) is 0 Å². The Morgan fingerprint density at radius 1 is 1.12 bits per heavy atom. The third-order valence-electron chi connectivity index (χ3n) is 7.12. The summed E-state index contributed by atoms with van der Waals surface area (Å²) in [6, 6.07) is 0. The second kappa shape index (κ2) is 15.9. The SMILES string of the molecule is C=C1NCCN(CC(/C(C)=C\C#CC)=C(\O)C(C)F)C1=NC(=C\C)/C(/C=C\C(=C(C)C)N1CCN(C)CC1)=C/C. The zero-order chi connectivity index (χ0) is 29.8. The maximum atomic E-state index is 14.2. The Bertz CT molecular complexity index is 1190. The minimum absolute atomic E-state index is 0.281. The van der Waals surface area contributed by atoms with Crippen LogP contribution in [0.3, 0.4) is 0 Å². The first-order chi connectivity index (χ1) is 19.0. The molecule has 0 radical (unpaired) electrons. The number of piperazine rings is 2. The fourth-order valence-electron chi connectivity index (χ4n) is 4.66. The Kier molecular flexibility index (Phi) is 13.0. The van der Waals surface area contributed by atoms with E-state index in [-0.39, 0.29) is 12.3 Å². The van der Waals surface area contributed by atoms with Crippen LogP contribution in [0.5, 0.6) is 0 Å². The van der Waals surface area contributed by atoms with Crippen molar-refractivity contribution < 1.29 is 9.50 Å². The van der Waals surface area contributed by atoms with Crippen molar-refractivity contribution in [2.24, 2.45) is 4.99 Å². The van der Waals surface area contributed by atoms with Crippen LogP contribution in [0.2, 0.25) is 0 Å². The highest BCUT2D eigenvalue weighted by molar-refractivity contribution is 5.99. The summed E-state index contributed by atoms with van der Waals surface area (Å²) in [4.78, 5) is 11.9. The second-order valence-electron chi connectivity index (χ2n) is 10.4. The van der Waals surface area contributed by atoms with Crippen LogP contribution in [0, 0.1) is 11.8 Å². The van der Waals surface area contributed by atoms with Crippen LogP contribution in [0.15, 0.2) is 87.1 Å². The predicted molar refractivity (Wildman–Crippen MR) is 168 cm³/mol. The van der Waals surface area contributed by atoms with Crippen molar-refractivity contribution in [2.75, 3.05) is 52.9 Å². The molecule has 2 aliphatic heterocycles. The Balaban J connectivity index is 2.43. The molecule has 218 valence electrons. The summed E-state index contributed by atoms with van der Waals surface area (Å²) in [5.41, 5.74) is 6.24. The van der Waals surface area contributed by atoms with E-state index in [1.165, 1.54) is 18.2 Å². The molecule has 0 amide bonds. The maximum absolute atomic E-state index is 14.2. The van der Waals surface area contributed by atoms with E-state index in [4.69, 9.17) is 4.99 Å². The van der Waals surface area contributed by atoms with E-state index in [1.807, 2.05) is 31.7 Å². The molecule has 0 saturated carbocycles. The van der Waals surface area contributed by atoms with E-state index in [0.717, 1.165) is 43.0 Å². The Morgan fingerprint density at radius 2 is 1.80 bits per heavy atom. The van der Waals surface area contributed by atoms with E-state index in [9.17, 15) is 9.50 Å². The summed E-state index contributed by atoms with van der Waals surface area (Å²) in [5.74, 6) is 6.12. The molecule has 2 fully saturated rings. The molecule has 0 aliphatic carbocycles. The van der Waals surface area contributed by atoms with Gasteiger partial charge in [-0.05, 0) is 78.8 Å². The van der Waals surface area contributed by atoms with Crippen LogP contribution in [-0.2, 0) is 0 Å². The van der Waals surface area contributed by atoms with Crippen molar-refractivity contribution in [3.63, 3.8) is 0 Å². The van der Waals surface area contributed by atoms with Gasteiger partial charge >= 0.3 is 0 Å². The molecular formula is C33H48FN5O. The molecule has 1 unspecified atom stereocenters. The third kappa shape index (κ3) is 9.02. The number of hydrogen-bond acceptors (Lipinski definition) is 5. The summed E-state index contributed by atoms with van der Waals surface area (Å²) in [6.07, 6.45) is 8.59. The molecule has 0 bridgehead atoms. The fourth-order valence-corrected chi connectivity index (χ4v) is 4.66. The van der Waals surface area contributed by atoms with E-state index >= 15 is 0 Å². The van der Waals surface area contributed by atoms with Gasteiger partial charge in [0.05, 0.1) is 11.4 Å². The van der Waals surface area contributed by atoms with E-state index in [0.29, 0.717) is 30.2 Å². The number of rotatable bonds is 9. The number of amidine groups is 1. The molecule has 2 rings (SSSR count). The lowest BCUT2D eigenvalue weighted by atomic mass is 10.0. The van der Waals surface area contributed by atoms with Gasteiger partial charge in [-0.15, -0.1) is 5.92 Å². The van der Waals surface area contributed by atoms with Gasteiger partial charge in [0.1, 0.15) is 5.76 Å². The summed E-state index contributed by atoms with van der Waals surface area (Å²) in [5, 5.41) is 14.0. The molecule has 40 heavy (non-hydrogen) atoms. The first kappa shape index (κ1) is 32.7. The van der Waals surface area contributed by atoms with Gasteiger partial charge in [0.25, 0.3) is 0 Å². The molecule has 6 nitrogen and oxygen atoms in total. The lowest BCUT2D eigenvalue weighted by molar-refractivity contribution is 0.189. The molecule has 2 heterocycles. The second-order valence-corrected chi connectivity index (χ2v) is 10.4.